The van der Waals surface area contributed by atoms with Gasteiger partial charge in [0.15, 0.2) is 0 Å². The minimum absolute atomic E-state index is 0.311. The van der Waals surface area contributed by atoms with Gasteiger partial charge in [-0.2, -0.15) is 0 Å². The lowest BCUT2D eigenvalue weighted by Crippen LogP contribution is -2.22. The first-order valence-electron chi connectivity index (χ1n) is 6.71. The molecule has 0 aliphatic carbocycles. The normalized spacial score (nSPS) is 10.8. The van der Waals surface area contributed by atoms with Gasteiger partial charge in [0.2, 0.25) is 0 Å². The van der Waals surface area contributed by atoms with E-state index in [9.17, 15) is 4.39 Å². The molecule has 0 spiro atoms. The molecule has 108 valence electrons. The number of halogens is 1. The van der Waals surface area contributed by atoms with Gasteiger partial charge in [0.05, 0.1) is 12.5 Å². The smallest absolute Gasteiger partial charge is 0.141 e. The van der Waals surface area contributed by atoms with E-state index in [1.54, 1.807) is 6.26 Å². The molecule has 0 bridgehead atoms. The van der Waals surface area contributed by atoms with Crippen molar-refractivity contribution in [3.63, 3.8) is 0 Å². The largest absolute Gasteiger partial charge is 0.469 e. The molecule has 0 unspecified atom stereocenters. The number of hydrogen-bond donors (Lipinski definition) is 1. The zero-order valence-electron chi connectivity index (χ0n) is 12.1. The van der Waals surface area contributed by atoms with Crippen LogP contribution in [0.3, 0.4) is 0 Å². The fourth-order valence-electron chi connectivity index (χ4n) is 2.11. The Morgan fingerprint density at radius 1 is 1.40 bits per heavy atom. The molecule has 2 aromatic rings. The van der Waals surface area contributed by atoms with Gasteiger partial charge in [0.25, 0.3) is 0 Å². The third kappa shape index (κ3) is 3.36. The van der Waals surface area contributed by atoms with Crippen LogP contribution < -0.4 is 10.2 Å². The maximum absolute atomic E-state index is 13.4. The summed E-state index contributed by atoms with van der Waals surface area (Å²) in [6, 6.07) is 3.48. The van der Waals surface area contributed by atoms with Crippen molar-refractivity contribution in [2.75, 3.05) is 18.5 Å². The van der Waals surface area contributed by atoms with Crippen LogP contribution in [0.25, 0.3) is 0 Å². The van der Waals surface area contributed by atoms with Crippen molar-refractivity contribution in [1.82, 2.24) is 10.3 Å². The van der Waals surface area contributed by atoms with E-state index >= 15 is 0 Å². The van der Waals surface area contributed by atoms with Crippen molar-refractivity contribution in [2.24, 2.45) is 0 Å². The summed E-state index contributed by atoms with van der Waals surface area (Å²) in [6.07, 6.45) is 2.93. The molecular weight excluding hydrogens is 257 g/mol. The Labute approximate surface area is 118 Å². The summed E-state index contributed by atoms with van der Waals surface area (Å²) < 4.78 is 18.7. The lowest BCUT2D eigenvalue weighted by Gasteiger charge is -2.21. The predicted molar refractivity (Wildman–Crippen MR) is 77.1 cm³/mol. The SMILES string of the molecule is CCNCc1cc(F)cnc1N(C)Cc1ccoc1C. The van der Waals surface area contributed by atoms with E-state index < -0.39 is 0 Å². The summed E-state index contributed by atoms with van der Waals surface area (Å²) in [4.78, 5) is 6.23. The second kappa shape index (κ2) is 6.52. The van der Waals surface area contributed by atoms with Crippen LogP contribution >= 0.6 is 0 Å². The molecule has 20 heavy (non-hydrogen) atoms. The molecule has 0 aliphatic rings. The minimum atomic E-state index is -0.311. The van der Waals surface area contributed by atoms with Gasteiger partial charge in [-0.15, -0.1) is 0 Å². The molecule has 0 atom stereocenters. The zero-order valence-corrected chi connectivity index (χ0v) is 12.1. The summed E-state index contributed by atoms with van der Waals surface area (Å²) in [6.45, 7) is 6.07. The van der Waals surface area contributed by atoms with Crippen molar-refractivity contribution in [3.05, 3.63) is 47.3 Å². The van der Waals surface area contributed by atoms with E-state index in [0.29, 0.717) is 13.1 Å². The Morgan fingerprint density at radius 3 is 2.85 bits per heavy atom. The molecular formula is C15H20FN3O. The molecule has 0 saturated heterocycles. The highest BCUT2D eigenvalue weighted by Crippen LogP contribution is 2.20. The Kier molecular flexibility index (Phi) is 4.74. The number of furan rings is 1. The molecule has 0 fully saturated rings. The maximum atomic E-state index is 13.4. The van der Waals surface area contributed by atoms with Crippen LogP contribution in [0.4, 0.5) is 10.2 Å². The average molecular weight is 277 g/mol. The monoisotopic (exact) mass is 277 g/mol. The Morgan fingerprint density at radius 2 is 2.20 bits per heavy atom. The molecule has 4 nitrogen and oxygen atoms in total. The summed E-state index contributed by atoms with van der Waals surface area (Å²) in [5, 5.41) is 3.21. The second-order valence-electron chi connectivity index (χ2n) is 4.77. The van der Waals surface area contributed by atoms with Gasteiger partial charge in [-0.3, -0.25) is 0 Å². The van der Waals surface area contributed by atoms with Gasteiger partial charge in [0, 0.05) is 31.3 Å². The topological polar surface area (TPSA) is 41.3 Å². The van der Waals surface area contributed by atoms with Crippen LogP contribution in [-0.2, 0) is 13.1 Å². The molecule has 0 radical (unpaired) electrons. The number of aromatic nitrogens is 1. The van der Waals surface area contributed by atoms with Crippen LogP contribution in [0.1, 0.15) is 23.8 Å². The van der Waals surface area contributed by atoms with Crippen LogP contribution in [0.5, 0.6) is 0 Å². The number of anilines is 1. The third-order valence-electron chi connectivity index (χ3n) is 3.21. The molecule has 2 rings (SSSR count). The molecule has 0 amide bonds. The van der Waals surface area contributed by atoms with Gasteiger partial charge in [-0.25, -0.2) is 9.37 Å². The standard InChI is InChI=1S/C15H20FN3O/c1-4-17-8-13-7-14(16)9-18-15(13)19(3)10-12-5-6-20-11(12)2/h5-7,9,17H,4,8,10H2,1-3H3. The Balaban J connectivity index is 2.20. The van der Waals surface area contributed by atoms with Gasteiger partial charge in [-0.1, -0.05) is 6.92 Å². The van der Waals surface area contributed by atoms with E-state index in [1.807, 2.05) is 31.9 Å². The third-order valence-corrected chi connectivity index (χ3v) is 3.21. The first-order valence-corrected chi connectivity index (χ1v) is 6.71. The van der Waals surface area contributed by atoms with E-state index in [2.05, 4.69) is 10.3 Å². The van der Waals surface area contributed by atoms with Crippen molar-refractivity contribution in [2.45, 2.75) is 26.9 Å². The number of hydrogen-bond acceptors (Lipinski definition) is 4. The molecule has 1 N–H and O–H groups in total. The average Bonchev–Trinajstić information content (AvgIpc) is 2.82. The molecule has 2 aromatic heterocycles. The highest BCUT2D eigenvalue weighted by molar-refractivity contribution is 5.47. The Bertz CT molecular complexity index is 568. The highest BCUT2D eigenvalue weighted by Gasteiger charge is 2.12. The lowest BCUT2D eigenvalue weighted by atomic mass is 10.2. The van der Waals surface area contributed by atoms with E-state index in [-0.39, 0.29) is 5.82 Å². The molecule has 0 aliphatic heterocycles. The summed E-state index contributed by atoms with van der Waals surface area (Å²) in [5.41, 5.74) is 1.96. The van der Waals surface area contributed by atoms with Crippen molar-refractivity contribution in [1.29, 1.82) is 0 Å². The number of pyridine rings is 1. The van der Waals surface area contributed by atoms with E-state index in [4.69, 9.17) is 4.42 Å². The second-order valence-corrected chi connectivity index (χ2v) is 4.77. The van der Waals surface area contributed by atoms with E-state index in [1.165, 1.54) is 12.3 Å². The summed E-state index contributed by atoms with van der Waals surface area (Å²) in [5.74, 6) is 1.37. The van der Waals surface area contributed by atoms with Crippen molar-refractivity contribution in [3.8, 4) is 0 Å². The Hall–Kier alpha value is -1.88. The number of nitrogens with one attached hydrogen (secondary N) is 1. The molecule has 5 heteroatoms. The maximum Gasteiger partial charge on any atom is 0.141 e. The van der Waals surface area contributed by atoms with Crippen LogP contribution in [-0.4, -0.2) is 18.6 Å². The van der Waals surface area contributed by atoms with Crippen molar-refractivity contribution >= 4 is 5.82 Å². The van der Waals surface area contributed by atoms with Gasteiger partial charge < -0.3 is 14.6 Å². The van der Waals surface area contributed by atoms with Crippen LogP contribution in [0.15, 0.2) is 29.0 Å². The number of nitrogens with zero attached hydrogens (tertiary/aromatic N) is 2. The molecule has 0 saturated carbocycles. The van der Waals surface area contributed by atoms with Gasteiger partial charge in [0.1, 0.15) is 17.4 Å². The highest BCUT2D eigenvalue weighted by atomic mass is 19.1. The molecule has 2 heterocycles. The number of rotatable bonds is 6. The lowest BCUT2D eigenvalue weighted by molar-refractivity contribution is 0.529. The van der Waals surface area contributed by atoms with Gasteiger partial charge >= 0.3 is 0 Å². The number of aryl methyl sites for hydroxylation is 1. The zero-order chi connectivity index (χ0) is 14.5. The first kappa shape index (κ1) is 14.5. The summed E-state index contributed by atoms with van der Waals surface area (Å²) >= 11 is 0. The fraction of sp³-hybridized carbons (Fsp3) is 0.400. The summed E-state index contributed by atoms with van der Waals surface area (Å²) in [7, 11) is 1.95. The van der Waals surface area contributed by atoms with Crippen molar-refractivity contribution < 1.29 is 8.81 Å². The molecule has 0 aromatic carbocycles. The van der Waals surface area contributed by atoms with Gasteiger partial charge in [-0.05, 0) is 25.6 Å². The predicted octanol–water partition coefficient (Wildman–Crippen LogP) is 2.87. The van der Waals surface area contributed by atoms with Crippen LogP contribution in [0, 0.1) is 12.7 Å². The quantitative estimate of drug-likeness (QED) is 0.881. The van der Waals surface area contributed by atoms with E-state index in [0.717, 1.165) is 29.2 Å². The fourth-order valence-corrected chi connectivity index (χ4v) is 2.11. The first-order chi connectivity index (χ1) is 9.61. The van der Waals surface area contributed by atoms with Crippen LogP contribution in [0.2, 0.25) is 0 Å². The minimum Gasteiger partial charge on any atom is -0.469 e.